The molecule has 3 fully saturated rings. The lowest BCUT2D eigenvalue weighted by Crippen LogP contribution is -2.43. The normalized spacial score (nSPS) is 24.2. The first kappa shape index (κ1) is 15.1. The predicted molar refractivity (Wildman–Crippen MR) is 85.1 cm³/mol. The van der Waals surface area contributed by atoms with Crippen LogP contribution >= 0.6 is 0 Å². The van der Waals surface area contributed by atoms with Crippen LogP contribution in [0.5, 0.6) is 0 Å². The summed E-state index contributed by atoms with van der Waals surface area (Å²) in [6.45, 7) is 2.40. The Kier molecular flexibility index (Phi) is 4.33. The monoisotopic (exact) mass is 318 g/mol. The Morgan fingerprint density at radius 2 is 1.61 bits per heavy atom. The zero-order valence-corrected chi connectivity index (χ0v) is 13.7. The number of piperidine rings is 1. The van der Waals surface area contributed by atoms with Gasteiger partial charge in [0.2, 0.25) is 17.7 Å². The Balaban J connectivity index is 1.22. The maximum Gasteiger partial charge on any atom is 0.234 e. The Morgan fingerprint density at radius 3 is 2.22 bits per heavy atom. The standard InChI is InChI=1S/C17H26N4O2/c22-15(18-14-3-1-2-4-14)11-21-9-7-13(8-10-21)17-20-19-16(23-17)12-5-6-12/h12-14H,1-11H2,(H,18,22). The van der Waals surface area contributed by atoms with Crippen LogP contribution in [0.15, 0.2) is 4.42 Å². The van der Waals surface area contributed by atoms with Crippen LogP contribution in [0, 0.1) is 0 Å². The van der Waals surface area contributed by atoms with Gasteiger partial charge >= 0.3 is 0 Å². The molecule has 0 atom stereocenters. The molecule has 0 radical (unpaired) electrons. The minimum Gasteiger partial charge on any atom is -0.425 e. The molecule has 1 aromatic heterocycles. The number of amides is 1. The van der Waals surface area contributed by atoms with Crippen LogP contribution in [-0.2, 0) is 4.79 Å². The molecule has 2 aliphatic carbocycles. The van der Waals surface area contributed by atoms with Crippen molar-refractivity contribution in [1.29, 1.82) is 0 Å². The molecule has 2 saturated carbocycles. The fraction of sp³-hybridized carbons (Fsp3) is 0.824. The van der Waals surface area contributed by atoms with Gasteiger partial charge in [0.05, 0.1) is 6.54 Å². The minimum absolute atomic E-state index is 0.184. The van der Waals surface area contributed by atoms with Crippen LogP contribution in [0.25, 0.3) is 0 Å². The van der Waals surface area contributed by atoms with E-state index in [-0.39, 0.29) is 5.91 Å². The van der Waals surface area contributed by atoms with Crippen LogP contribution in [0.2, 0.25) is 0 Å². The molecule has 0 aromatic carbocycles. The SMILES string of the molecule is O=C(CN1CCC(c2nnc(C3CC3)o2)CC1)NC1CCCC1. The van der Waals surface area contributed by atoms with E-state index in [0.29, 0.717) is 24.4 Å². The molecule has 4 rings (SSSR count). The van der Waals surface area contributed by atoms with E-state index < -0.39 is 0 Å². The van der Waals surface area contributed by atoms with Crippen LogP contribution in [-0.4, -0.2) is 46.7 Å². The summed E-state index contributed by atoms with van der Waals surface area (Å²) >= 11 is 0. The first-order valence-corrected chi connectivity index (χ1v) is 9.13. The lowest BCUT2D eigenvalue weighted by molar-refractivity contribution is -0.123. The van der Waals surface area contributed by atoms with E-state index in [1.165, 1.54) is 25.7 Å². The van der Waals surface area contributed by atoms with Crippen LogP contribution in [0.1, 0.15) is 75.0 Å². The number of carbonyl (C=O) groups excluding carboxylic acids is 1. The van der Waals surface area contributed by atoms with E-state index in [1.807, 2.05) is 0 Å². The molecule has 6 nitrogen and oxygen atoms in total. The zero-order chi connectivity index (χ0) is 15.6. The molecule has 0 bridgehead atoms. The Labute approximate surface area is 137 Å². The third kappa shape index (κ3) is 3.74. The number of hydrogen-bond acceptors (Lipinski definition) is 5. The summed E-state index contributed by atoms with van der Waals surface area (Å²) in [5.74, 6) is 2.71. The smallest absolute Gasteiger partial charge is 0.234 e. The number of aromatic nitrogens is 2. The van der Waals surface area contributed by atoms with Crippen molar-refractivity contribution in [2.45, 2.75) is 69.2 Å². The van der Waals surface area contributed by atoms with Crippen molar-refractivity contribution in [3.63, 3.8) is 0 Å². The molecular weight excluding hydrogens is 292 g/mol. The van der Waals surface area contributed by atoms with Crippen LogP contribution < -0.4 is 5.32 Å². The summed E-state index contributed by atoms with van der Waals surface area (Å²) in [6.07, 6.45) is 9.19. The van der Waals surface area contributed by atoms with Crippen molar-refractivity contribution in [2.24, 2.45) is 0 Å². The molecule has 2 heterocycles. The van der Waals surface area contributed by atoms with Crippen molar-refractivity contribution >= 4 is 5.91 Å². The van der Waals surface area contributed by atoms with E-state index >= 15 is 0 Å². The third-order valence-electron chi connectivity index (χ3n) is 5.41. The maximum atomic E-state index is 12.1. The van der Waals surface area contributed by atoms with Gasteiger partial charge in [0.25, 0.3) is 0 Å². The largest absolute Gasteiger partial charge is 0.425 e. The van der Waals surface area contributed by atoms with Gasteiger partial charge < -0.3 is 9.73 Å². The number of likely N-dealkylation sites (tertiary alicyclic amines) is 1. The summed E-state index contributed by atoms with van der Waals surface area (Å²) in [5.41, 5.74) is 0. The van der Waals surface area contributed by atoms with Gasteiger partial charge in [-0.3, -0.25) is 9.69 Å². The molecule has 1 aliphatic heterocycles. The van der Waals surface area contributed by atoms with Gasteiger partial charge in [-0.25, -0.2) is 0 Å². The van der Waals surface area contributed by atoms with Crippen LogP contribution in [0.3, 0.4) is 0 Å². The minimum atomic E-state index is 0.184. The molecule has 23 heavy (non-hydrogen) atoms. The molecule has 1 N–H and O–H groups in total. The summed E-state index contributed by atoms with van der Waals surface area (Å²) < 4.78 is 5.83. The molecule has 0 unspecified atom stereocenters. The van der Waals surface area contributed by atoms with E-state index in [0.717, 1.165) is 50.6 Å². The van der Waals surface area contributed by atoms with E-state index in [2.05, 4.69) is 20.4 Å². The van der Waals surface area contributed by atoms with Crippen molar-refractivity contribution < 1.29 is 9.21 Å². The molecule has 1 aromatic rings. The number of rotatable bonds is 5. The molecule has 6 heteroatoms. The lowest BCUT2D eigenvalue weighted by atomic mass is 9.97. The Hall–Kier alpha value is -1.43. The summed E-state index contributed by atoms with van der Waals surface area (Å²) in [4.78, 5) is 14.4. The highest BCUT2D eigenvalue weighted by atomic mass is 16.4. The second kappa shape index (κ2) is 6.59. The highest BCUT2D eigenvalue weighted by Crippen LogP contribution is 2.40. The van der Waals surface area contributed by atoms with E-state index in [4.69, 9.17) is 4.42 Å². The van der Waals surface area contributed by atoms with Crippen molar-refractivity contribution in [3.8, 4) is 0 Å². The van der Waals surface area contributed by atoms with Crippen LogP contribution in [0.4, 0.5) is 0 Å². The highest BCUT2D eigenvalue weighted by molar-refractivity contribution is 5.78. The molecule has 126 valence electrons. The van der Waals surface area contributed by atoms with Gasteiger partial charge in [-0.2, -0.15) is 0 Å². The average molecular weight is 318 g/mol. The summed E-state index contributed by atoms with van der Waals surface area (Å²) in [7, 11) is 0. The summed E-state index contributed by atoms with van der Waals surface area (Å²) in [6, 6.07) is 0.416. The summed E-state index contributed by atoms with van der Waals surface area (Å²) in [5, 5.41) is 11.6. The Bertz CT molecular complexity index is 541. The molecule has 1 saturated heterocycles. The van der Waals surface area contributed by atoms with Gasteiger partial charge in [0, 0.05) is 17.9 Å². The van der Waals surface area contributed by atoms with Gasteiger partial charge in [-0.05, 0) is 51.6 Å². The molecule has 3 aliphatic rings. The highest BCUT2D eigenvalue weighted by Gasteiger charge is 2.32. The lowest BCUT2D eigenvalue weighted by Gasteiger charge is -2.30. The van der Waals surface area contributed by atoms with E-state index in [9.17, 15) is 4.79 Å². The van der Waals surface area contributed by atoms with Crippen molar-refractivity contribution in [3.05, 3.63) is 11.8 Å². The third-order valence-corrected chi connectivity index (χ3v) is 5.41. The van der Waals surface area contributed by atoms with Crippen molar-refractivity contribution in [2.75, 3.05) is 19.6 Å². The first-order valence-electron chi connectivity index (χ1n) is 9.13. The topological polar surface area (TPSA) is 71.3 Å². The average Bonchev–Trinajstić information content (AvgIpc) is 3.07. The number of nitrogens with one attached hydrogen (secondary N) is 1. The van der Waals surface area contributed by atoms with Gasteiger partial charge in [-0.1, -0.05) is 12.8 Å². The fourth-order valence-electron chi connectivity index (χ4n) is 3.79. The quantitative estimate of drug-likeness (QED) is 0.901. The molecule has 1 amide bonds. The maximum absolute atomic E-state index is 12.1. The number of hydrogen-bond donors (Lipinski definition) is 1. The second-order valence-corrected chi connectivity index (χ2v) is 7.35. The number of nitrogens with zero attached hydrogens (tertiary/aromatic N) is 3. The number of carbonyl (C=O) groups is 1. The van der Waals surface area contributed by atoms with Gasteiger partial charge in [0.15, 0.2) is 0 Å². The first-order chi connectivity index (χ1) is 11.3. The van der Waals surface area contributed by atoms with E-state index in [1.54, 1.807) is 0 Å². The predicted octanol–water partition coefficient (Wildman–Crippen LogP) is 2.19. The Morgan fingerprint density at radius 1 is 1.00 bits per heavy atom. The fourth-order valence-corrected chi connectivity index (χ4v) is 3.79. The second-order valence-electron chi connectivity index (χ2n) is 7.35. The molecular formula is C17H26N4O2. The zero-order valence-electron chi connectivity index (χ0n) is 13.7. The van der Waals surface area contributed by atoms with Gasteiger partial charge in [0.1, 0.15) is 0 Å². The molecule has 0 spiro atoms. The van der Waals surface area contributed by atoms with Gasteiger partial charge in [-0.15, -0.1) is 10.2 Å². The van der Waals surface area contributed by atoms with Crippen molar-refractivity contribution in [1.82, 2.24) is 20.4 Å².